The Labute approximate surface area is 127 Å². The van der Waals surface area contributed by atoms with Crippen LogP contribution in [0.2, 0.25) is 0 Å². The summed E-state index contributed by atoms with van der Waals surface area (Å²) in [6, 6.07) is 6.44. The summed E-state index contributed by atoms with van der Waals surface area (Å²) >= 11 is 1.32. The minimum absolute atomic E-state index is 0.0435. The zero-order chi connectivity index (χ0) is 14.8. The van der Waals surface area contributed by atoms with E-state index in [1.807, 2.05) is 6.07 Å². The van der Waals surface area contributed by atoms with Gasteiger partial charge in [0.2, 0.25) is 0 Å². The highest BCUT2D eigenvalue weighted by atomic mass is 32.1. The van der Waals surface area contributed by atoms with Gasteiger partial charge in [0.1, 0.15) is 5.82 Å². The van der Waals surface area contributed by atoms with Gasteiger partial charge in [0.25, 0.3) is 5.91 Å². The van der Waals surface area contributed by atoms with Gasteiger partial charge in [-0.1, -0.05) is 18.9 Å². The Morgan fingerprint density at radius 2 is 2.14 bits per heavy atom. The van der Waals surface area contributed by atoms with Crippen molar-refractivity contribution in [2.45, 2.75) is 31.7 Å². The minimum atomic E-state index is -0.276. The standard InChI is InChI=1S/C16H19FN2OS/c17-12-6-5-11-7-15(21-14(11)8-12)16(20)19-13(9-18)10-3-1-2-4-10/h5-8,10,13H,1-4,9,18H2,(H,19,20). The van der Waals surface area contributed by atoms with E-state index < -0.39 is 0 Å². The van der Waals surface area contributed by atoms with Gasteiger partial charge in [-0.3, -0.25) is 4.79 Å². The molecule has 2 aromatic rings. The third-order valence-corrected chi connectivity index (χ3v) is 5.34. The molecule has 1 aliphatic rings. The minimum Gasteiger partial charge on any atom is -0.347 e. The molecule has 1 amide bonds. The molecule has 1 fully saturated rings. The lowest BCUT2D eigenvalue weighted by Gasteiger charge is -2.22. The first-order valence-corrected chi connectivity index (χ1v) is 8.19. The molecule has 3 nitrogen and oxygen atoms in total. The molecule has 1 heterocycles. The van der Waals surface area contributed by atoms with E-state index in [0.717, 1.165) is 22.9 Å². The molecule has 5 heteroatoms. The van der Waals surface area contributed by atoms with Crippen LogP contribution in [0.3, 0.4) is 0 Å². The monoisotopic (exact) mass is 306 g/mol. The first-order chi connectivity index (χ1) is 10.2. The van der Waals surface area contributed by atoms with Gasteiger partial charge in [0.15, 0.2) is 0 Å². The molecular weight excluding hydrogens is 287 g/mol. The van der Waals surface area contributed by atoms with Crippen molar-refractivity contribution in [1.29, 1.82) is 0 Å². The Morgan fingerprint density at radius 3 is 2.86 bits per heavy atom. The van der Waals surface area contributed by atoms with Crippen molar-refractivity contribution in [3.63, 3.8) is 0 Å². The fraction of sp³-hybridized carbons (Fsp3) is 0.438. The molecule has 3 N–H and O–H groups in total. The van der Waals surface area contributed by atoms with Crippen LogP contribution in [0.25, 0.3) is 10.1 Å². The van der Waals surface area contributed by atoms with Crippen molar-refractivity contribution < 1.29 is 9.18 Å². The Hall–Kier alpha value is -1.46. The molecule has 0 bridgehead atoms. The van der Waals surface area contributed by atoms with Crippen LogP contribution in [0.4, 0.5) is 4.39 Å². The largest absolute Gasteiger partial charge is 0.347 e. The van der Waals surface area contributed by atoms with Crippen molar-refractivity contribution in [2.24, 2.45) is 11.7 Å². The predicted octanol–water partition coefficient (Wildman–Crippen LogP) is 3.29. The van der Waals surface area contributed by atoms with Gasteiger partial charge >= 0.3 is 0 Å². The number of hydrogen-bond donors (Lipinski definition) is 2. The molecule has 0 spiro atoms. The van der Waals surface area contributed by atoms with E-state index >= 15 is 0 Å². The highest BCUT2D eigenvalue weighted by molar-refractivity contribution is 7.20. The number of carbonyl (C=O) groups excluding carboxylic acids is 1. The average Bonchev–Trinajstić information content (AvgIpc) is 3.12. The fourth-order valence-electron chi connectivity index (χ4n) is 3.09. The topological polar surface area (TPSA) is 55.1 Å². The summed E-state index contributed by atoms with van der Waals surface area (Å²) in [6.07, 6.45) is 4.72. The van der Waals surface area contributed by atoms with Gasteiger partial charge in [-0.2, -0.15) is 0 Å². The summed E-state index contributed by atoms with van der Waals surface area (Å²) in [5.74, 6) is 0.117. The van der Waals surface area contributed by atoms with Crippen LogP contribution >= 0.6 is 11.3 Å². The van der Waals surface area contributed by atoms with Crippen LogP contribution in [0.5, 0.6) is 0 Å². The van der Waals surface area contributed by atoms with Crippen LogP contribution in [0.1, 0.15) is 35.4 Å². The van der Waals surface area contributed by atoms with E-state index in [4.69, 9.17) is 5.73 Å². The highest BCUT2D eigenvalue weighted by Gasteiger charge is 2.26. The maximum absolute atomic E-state index is 13.2. The van der Waals surface area contributed by atoms with Crippen molar-refractivity contribution in [2.75, 3.05) is 6.54 Å². The quantitative estimate of drug-likeness (QED) is 0.910. The van der Waals surface area contributed by atoms with Crippen LogP contribution in [-0.2, 0) is 0 Å². The molecule has 1 saturated carbocycles. The van der Waals surface area contributed by atoms with Crippen molar-refractivity contribution >= 4 is 27.3 Å². The van der Waals surface area contributed by atoms with Crippen LogP contribution in [-0.4, -0.2) is 18.5 Å². The predicted molar refractivity (Wildman–Crippen MR) is 84.0 cm³/mol. The number of halogens is 1. The molecule has 3 rings (SSSR count). The van der Waals surface area contributed by atoms with Crippen LogP contribution < -0.4 is 11.1 Å². The van der Waals surface area contributed by atoms with Crippen molar-refractivity contribution in [1.82, 2.24) is 5.32 Å². The molecule has 21 heavy (non-hydrogen) atoms. The SMILES string of the molecule is NCC(NC(=O)c1cc2ccc(F)cc2s1)C1CCCC1. The maximum atomic E-state index is 13.2. The Bertz CT molecular complexity index is 649. The maximum Gasteiger partial charge on any atom is 0.261 e. The molecule has 112 valence electrons. The van der Waals surface area contributed by atoms with Crippen LogP contribution in [0.15, 0.2) is 24.3 Å². The third-order valence-electron chi connectivity index (χ3n) is 4.25. The lowest BCUT2D eigenvalue weighted by atomic mass is 9.98. The van der Waals surface area contributed by atoms with E-state index in [1.54, 1.807) is 6.07 Å². The first-order valence-electron chi connectivity index (χ1n) is 7.37. The first kappa shape index (κ1) is 14.5. The second-order valence-electron chi connectivity index (χ2n) is 5.65. The lowest BCUT2D eigenvalue weighted by Crippen LogP contribution is -2.44. The molecule has 1 aliphatic carbocycles. The lowest BCUT2D eigenvalue weighted by molar-refractivity contribution is 0.0928. The Morgan fingerprint density at radius 1 is 1.38 bits per heavy atom. The van der Waals surface area contributed by atoms with Gasteiger partial charge in [-0.05, 0) is 42.3 Å². The van der Waals surface area contributed by atoms with E-state index in [1.165, 1.54) is 36.3 Å². The second kappa shape index (κ2) is 6.12. The number of nitrogens with two attached hydrogens (primary N) is 1. The molecule has 1 unspecified atom stereocenters. The average molecular weight is 306 g/mol. The number of amides is 1. The van der Waals surface area contributed by atoms with Crippen LogP contribution in [0, 0.1) is 11.7 Å². The van der Waals surface area contributed by atoms with Crippen molar-refractivity contribution in [3.8, 4) is 0 Å². The second-order valence-corrected chi connectivity index (χ2v) is 6.74. The molecular formula is C16H19FN2OS. The number of rotatable bonds is 4. The Balaban J connectivity index is 1.76. The molecule has 1 atom stereocenters. The summed E-state index contributed by atoms with van der Waals surface area (Å²) in [7, 11) is 0. The number of fused-ring (bicyclic) bond motifs is 1. The summed E-state index contributed by atoms with van der Waals surface area (Å²) in [5, 5.41) is 3.95. The van der Waals surface area contributed by atoms with Gasteiger partial charge in [-0.15, -0.1) is 11.3 Å². The van der Waals surface area contributed by atoms with Gasteiger partial charge < -0.3 is 11.1 Å². The Kier molecular flexibility index (Phi) is 4.22. The van der Waals surface area contributed by atoms with E-state index in [9.17, 15) is 9.18 Å². The zero-order valence-electron chi connectivity index (χ0n) is 11.8. The molecule has 1 aromatic heterocycles. The van der Waals surface area contributed by atoms with Gasteiger partial charge in [0.05, 0.1) is 4.88 Å². The van der Waals surface area contributed by atoms with Gasteiger partial charge in [0, 0.05) is 17.3 Å². The smallest absolute Gasteiger partial charge is 0.261 e. The van der Waals surface area contributed by atoms with E-state index in [0.29, 0.717) is 17.3 Å². The number of thiophene rings is 1. The summed E-state index contributed by atoms with van der Waals surface area (Å²) in [6.45, 7) is 0.468. The molecule has 0 saturated heterocycles. The third kappa shape index (κ3) is 3.09. The normalized spacial score (nSPS) is 17.2. The molecule has 0 aliphatic heterocycles. The fourth-order valence-corrected chi connectivity index (χ4v) is 4.08. The number of hydrogen-bond acceptors (Lipinski definition) is 3. The number of carbonyl (C=O) groups is 1. The zero-order valence-corrected chi connectivity index (χ0v) is 12.6. The number of nitrogens with one attached hydrogen (secondary N) is 1. The van der Waals surface area contributed by atoms with Gasteiger partial charge in [-0.25, -0.2) is 4.39 Å². The van der Waals surface area contributed by atoms with Crippen molar-refractivity contribution in [3.05, 3.63) is 35.0 Å². The summed E-state index contributed by atoms with van der Waals surface area (Å²) < 4.78 is 14.0. The highest BCUT2D eigenvalue weighted by Crippen LogP contribution is 2.29. The van der Waals surface area contributed by atoms with E-state index in [-0.39, 0.29) is 17.8 Å². The van der Waals surface area contributed by atoms with E-state index in [2.05, 4.69) is 5.32 Å². The summed E-state index contributed by atoms with van der Waals surface area (Å²) in [4.78, 5) is 13.0. The molecule has 1 aromatic carbocycles. The summed E-state index contributed by atoms with van der Waals surface area (Å²) in [5.41, 5.74) is 5.81. The molecule has 0 radical (unpaired) electrons. The number of benzene rings is 1.